The Morgan fingerprint density at radius 3 is 3.10 bits per heavy atom. The molecule has 1 aromatic heterocycles. The standard InChI is InChI=1S/C14H22N4O2/c1-17-9-12(7-16-17)13-10-18(4-5-20-13)14(19)8-15-6-11-2-3-11/h7,9,11,13,15H,2-6,8,10H2,1H3. The van der Waals surface area contributed by atoms with Crippen LogP contribution in [-0.4, -0.2) is 53.4 Å². The molecule has 110 valence electrons. The number of rotatable bonds is 5. The van der Waals surface area contributed by atoms with Crippen molar-refractivity contribution in [1.82, 2.24) is 20.0 Å². The molecule has 1 saturated carbocycles. The Bertz CT molecular complexity index is 469. The van der Waals surface area contributed by atoms with Crippen molar-refractivity contribution in [2.45, 2.75) is 18.9 Å². The molecule has 0 radical (unpaired) electrons. The summed E-state index contributed by atoms with van der Waals surface area (Å²) in [5, 5.41) is 7.41. The number of morpholine rings is 1. The zero-order valence-corrected chi connectivity index (χ0v) is 11.9. The Hall–Kier alpha value is -1.40. The average Bonchev–Trinajstić information content (AvgIpc) is 3.18. The molecule has 1 amide bonds. The molecule has 20 heavy (non-hydrogen) atoms. The van der Waals surface area contributed by atoms with Gasteiger partial charge >= 0.3 is 0 Å². The van der Waals surface area contributed by atoms with E-state index in [2.05, 4.69) is 10.4 Å². The maximum absolute atomic E-state index is 12.2. The first kappa shape index (κ1) is 13.6. The molecular formula is C14H22N4O2. The van der Waals surface area contributed by atoms with Gasteiger partial charge in [0.05, 0.1) is 25.9 Å². The summed E-state index contributed by atoms with van der Waals surface area (Å²) in [7, 11) is 1.89. The third-order valence-corrected chi connectivity index (χ3v) is 3.92. The van der Waals surface area contributed by atoms with Crippen LogP contribution in [0.5, 0.6) is 0 Å². The highest BCUT2D eigenvalue weighted by molar-refractivity contribution is 5.78. The van der Waals surface area contributed by atoms with E-state index in [0.29, 0.717) is 26.2 Å². The lowest BCUT2D eigenvalue weighted by molar-refractivity contribution is -0.138. The van der Waals surface area contributed by atoms with Crippen molar-refractivity contribution in [2.24, 2.45) is 13.0 Å². The number of aryl methyl sites for hydroxylation is 1. The number of amides is 1. The van der Waals surface area contributed by atoms with Crippen LogP contribution in [0, 0.1) is 5.92 Å². The molecule has 2 aliphatic rings. The minimum absolute atomic E-state index is 0.0511. The second kappa shape index (κ2) is 5.93. The summed E-state index contributed by atoms with van der Waals surface area (Å²) in [6.45, 7) is 3.31. The fraction of sp³-hybridized carbons (Fsp3) is 0.714. The highest BCUT2D eigenvalue weighted by Gasteiger charge is 2.26. The normalized spacial score (nSPS) is 23.1. The molecule has 1 aliphatic carbocycles. The highest BCUT2D eigenvalue weighted by Crippen LogP contribution is 2.27. The van der Waals surface area contributed by atoms with E-state index in [0.717, 1.165) is 18.0 Å². The first-order valence-electron chi connectivity index (χ1n) is 7.31. The minimum atomic E-state index is -0.0511. The summed E-state index contributed by atoms with van der Waals surface area (Å²) in [5.74, 6) is 0.971. The van der Waals surface area contributed by atoms with E-state index in [1.807, 2.05) is 24.3 Å². The van der Waals surface area contributed by atoms with Gasteiger partial charge in [-0.25, -0.2) is 0 Å². The Kier molecular flexibility index (Phi) is 4.03. The van der Waals surface area contributed by atoms with Gasteiger partial charge in [0.2, 0.25) is 5.91 Å². The molecule has 3 rings (SSSR count). The maximum Gasteiger partial charge on any atom is 0.236 e. The monoisotopic (exact) mass is 278 g/mol. The third kappa shape index (κ3) is 3.37. The lowest BCUT2D eigenvalue weighted by atomic mass is 10.1. The van der Waals surface area contributed by atoms with E-state index >= 15 is 0 Å². The molecule has 1 unspecified atom stereocenters. The fourth-order valence-electron chi connectivity index (χ4n) is 2.50. The summed E-state index contributed by atoms with van der Waals surface area (Å²) in [4.78, 5) is 14.1. The van der Waals surface area contributed by atoms with Crippen LogP contribution in [0.25, 0.3) is 0 Å². The third-order valence-electron chi connectivity index (χ3n) is 3.92. The van der Waals surface area contributed by atoms with Gasteiger partial charge in [-0.1, -0.05) is 0 Å². The first-order chi connectivity index (χ1) is 9.72. The van der Waals surface area contributed by atoms with Crippen molar-refractivity contribution in [3.8, 4) is 0 Å². The topological polar surface area (TPSA) is 59.4 Å². The molecule has 6 heteroatoms. The van der Waals surface area contributed by atoms with Gasteiger partial charge in [-0.05, 0) is 25.3 Å². The van der Waals surface area contributed by atoms with E-state index in [-0.39, 0.29) is 12.0 Å². The number of hydrogen-bond donors (Lipinski definition) is 1. The van der Waals surface area contributed by atoms with Gasteiger partial charge in [0, 0.05) is 25.4 Å². The molecule has 2 heterocycles. The predicted octanol–water partition coefficient (Wildman–Crippen LogP) is 0.320. The largest absolute Gasteiger partial charge is 0.370 e. The van der Waals surface area contributed by atoms with Gasteiger partial charge in [-0.2, -0.15) is 5.10 Å². The van der Waals surface area contributed by atoms with Gasteiger partial charge in [-0.3, -0.25) is 9.48 Å². The molecule has 1 atom stereocenters. The molecule has 0 aromatic carbocycles. The van der Waals surface area contributed by atoms with Crippen LogP contribution in [0.15, 0.2) is 12.4 Å². The Morgan fingerprint density at radius 2 is 2.40 bits per heavy atom. The Morgan fingerprint density at radius 1 is 1.55 bits per heavy atom. The zero-order valence-electron chi connectivity index (χ0n) is 11.9. The number of nitrogens with zero attached hydrogens (tertiary/aromatic N) is 3. The Labute approximate surface area is 119 Å². The van der Waals surface area contributed by atoms with Gasteiger partial charge in [-0.15, -0.1) is 0 Å². The van der Waals surface area contributed by atoms with Gasteiger partial charge in [0.15, 0.2) is 0 Å². The average molecular weight is 278 g/mol. The number of carbonyl (C=O) groups is 1. The van der Waals surface area contributed by atoms with Crippen molar-refractivity contribution >= 4 is 5.91 Å². The van der Waals surface area contributed by atoms with Crippen LogP contribution in [0.1, 0.15) is 24.5 Å². The molecule has 1 saturated heterocycles. The second-order valence-corrected chi connectivity index (χ2v) is 5.72. The number of hydrogen-bond acceptors (Lipinski definition) is 4. The molecular weight excluding hydrogens is 256 g/mol. The van der Waals surface area contributed by atoms with Crippen LogP contribution in [0.4, 0.5) is 0 Å². The van der Waals surface area contributed by atoms with E-state index in [4.69, 9.17) is 4.74 Å². The molecule has 1 N–H and O–H groups in total. The summed E-state index contributed by atoms with van der Waals surface area (Å²) in [6, 6.07) is 0. The smallest absolute Gasteiger partial charge is 0.236 e. The number of ether oxygens (including phenoxy) is 1. The van der Waals surface area contributed by atoms with E-state index < -0.39 is 0 Å². The lowest BCUT2D eigenvalue weighted by Gasteiger charge is -2.32. The van der Waals surface area contributed by atoms with Crippen molar-refractivity contribution < 1.29 is 9.53 Å². The number of nitrogens with one attached hydrogen (secondary N) is 1. The SMILES string of the molecule is Cn1cc(C2CN(C(=O)CNCC3CC3)CCO2)cn1. The molecule has 2 fully saturated rings. The molecule has 0 spiro atoms. The van der Waals surface area contributed by atoms with Crippen LogP contribution < -0.4 is 5.32 Å². The summed E-state index contributed by atoms with van der Waals surface area (Å²) in [5.41, 5.74) is 1.04. The maximum atomic E-state index is 12.2. The number of carbonyl (C=O) groups excluding carboxylic acids is 1. The van der Waals surface area contributed by atoms with Gasteiger partial charge < -0.3 is 15.0 Å². The predicted molar refractivity (Wildman–Crippen MR) is 74.1 cm³/mol. The van der Waals surface area contributed by atoms with Crippen molar-refractivity contribution in [3.63, 3.8) is 0 Å². The summed E-state index contributed by atoms with van der Waals surface area (Å²) < 4.78 is 7.50. The van der Waals surface area contributed by atoms with Crippen molar-refractivity contribution in [2.75, 3.05) is 32.8 Å². The van der Waals surface area contributed by atoms with Crippen LogP contribution in [-0.2, 0) is 16.6 Å². The quantitative estimate of drug-likeness (QED) is 0.842. The zero-order chi connectivity index (χ0) is 13.9. The van der Waals surface area contributed by atoms with E-state index in [9.17, 15) is 4.79 Å². The van der Waals surface area contributed by atoms with E-state index in [1.165, 1.54) is 12.8 Å². The first-order valence-corrected chi connectivity index (χ1v) is 7.31. The van der Waals surface area contributed by atoms with Crippen molar-refractivity contribution in [1.29, 1.82) is 0 Å². The molecule has 1 aliphatic heterocycles. The van der Waals surface area contributed by atoms with Crippen LogP contribution in [0.2, 0.25) is 0 Å². The molecule has 0 bridgehead atoms. The van der Waals surface area contributed by atoms with E-state index in [1.54, 1.807) is 4.68 Å². The summed E-state index contributed by atoms with van der Waals surface area (Å²) in [6.07, 6.45) is 6.32. The lowest BCUT2D eigenvalue weighted by Crippen LogP contribution is -2.46. The van der Waals surface area contributed by atoms with Crippen LogP contribution in [0.3, 0.4) is 0 Å². The van der Waals surface area contributed by atoms with Gasteiger partial charge in [0.25, 0.3) is 0 Å². The molecule has 1 aromatic rings. The summed E-state index contributed by atoms with van der Waals surface area (Å²) >= 11 is 0. The fourth-order valence-corrected chi connectivity index (χ4v) is 2.50. The highest BCUT2D eigenvalue weighted by atomic mass is 16.5. The second-order valence-electron chi connectivity index (χ2n) is 5.72. The van der Waals surface area contributed by atoms with Crippen molar-refractivity contribution in [3.05, 3.63) is 18.0 Å². The Balaban J connectivity index is 1.50. The van der Waals surface area contributed by atoms with Crippen LogP contribution >= 0.6 is 0 Å². The minimum Gasteiger partial charge on any atom is -0.370 e. The molecule has 6 nitrogen and oxygen atoms in total. The van der Waals surface area contributed by atoms with Gasteiger partial charge in [0.1, 0.15) is 6.10 Å². The number of aromatic nitrogens is 2.